The molecule has 0 fully saturated rings. The van der Waals surface area contributed by atoms with Gasteiger partial charge in [0.15, 0.2) is 5.78 Å². The summed E-state index contributed by atoms with van der Waals surface area (Å²) in [7, 11) is 1.57. The van der Waals surface area contributed by atoms with Crippen LogP contribution in [0.2, 0.25) is 0 Å². The molecule has 0 bridgehead atoms. The fourth-order valence-corrected chi connectivity index (χ4v) is 2.42. The summed E-state index contributed by atoms with van der Waals surface area (Å²) in [5.74, 6) is -0.543. The summed E-state index contributed by atoms with van der Waals surface area (Å²) in [4.78, 5) is 24.6. The number of carbonyl (C=O) groups excluding carboxylic acids is 1. The Kier molecular flexibility index (Phi) is 5.79. The molecular formula is C18H13BrF3NO2. The first kappa shape index (κ1) is 18.9. The highest BCUT2D eigenvalue weighted by atomic mass is 79.9. The molecule has 0 saturated heterocycles. The molecule has 0 aliphatic heterocycles. The van der Waals surface area contributed by atoms with E-state index in [1.54, 1.807) is 19.2 Å². The molecule has 0 aliphatic carbocycles. The van der Waals surface area contributed by atoms with E-state index in [2.05, 4.69) is 21.2 Å². The number of anilines is 1. The molecule has 25 heavy (non-hydrogen) atoms. The van der Waals surface area contributed by atoms with Gasteiger partial charge in [-0.05, 0) is 42.0 Å². The Balaban J connectivity index is 2.31. The van der Waals surface area contributed by atoms with E-state index >= 15 is 0 Å². The van der Waals surface area contributed by atoms with Crippen molar-refractivity contribution in [3.8, 4) is 0 Å². The van der Waals surface area contributed by atoms with Gasteiger partial charge in [-0.1, -0.05) is 34.1 Å². The molecule has 3 nitrogen and oxygen atoms in total. The molecule has 0 aromatic heterocycles. The first-order valence-electron chi connectivity index (χ1n) is 7.13. The number of hydrogen-bond acceptors (Lipinski definition) is 3. The highest BCUT2D eigenvalue weighted by molar-refractivity contribution is 9.10. The van der Waals surface area contributed by atoms with E-state index in [-0.39, 0.29) is 11.3 Å². The maximum atomic E-state index is 12.5. The second kappa shape index (κ2) is 7.65. The van der Waals surface area contributed by atoms with Gasteiger partial charge in [-0.15, -0.1) is 0 Å². The van der Waals surface area contributed by atoms with E-state index in [0.717, 1.165) is 18.2 Å². The van der Waals surface area contributed by atoms with Crippen LogP contribution in [-0.4, -0.2) is 12.8 Å². The lowest BCUT2D eigenvalue weighted by atomic mass is 10.1. The summed E-state index contributed by atoms with van der Waals surface area (Å²) < 4.78 is 38.1. The van der Waals surface area contributed by atoms with E-state index in [4.69, 9.17) is 0 Å². The van der Waals surface area contributed by atoms with Crippen molar-refractivity contribution >= 4 is 33.5 Å². The second-order valence-electron chi connectivity index (χ2n) is 5.09. The Labute approximate surface area is 150 Å². The van der Waals surface area contributed by atoms with Crippen LogP contribution in [0, 0.1) is 0 Å². The van der Waals surface area contributed by atoms with Crippen LogP contribution in [0.3, 0.4) is 0 Å². The van der Waals surface area contributed by atoms with E-state index in [1.165, 1.54) is 24.3 Å². The van der Waals surface area contributed by atoms with E-state index in [0.29, 0.717) is 10.0 Å². The highest BCUT2D eigenvalue weighted by Gasteiger charge is 2.29. The maximum absolute atomic E-state index is 12.5. The summed E-state index contributed by atoms with van der Waals surface area (Å²) in [6.45, 7) is 0. The molecule has 0 radical (unpaired) electrons. The third-order valence-corrected chi connectivity index (χ3v) is 3.87. The summed E-state index contributed by atoms with van der Waals surface area (Å²) in [6.07, 6.45) is -1.89. The van der Waals surface area contributed by atoms with Crippen LogP contribution in [0.5, 0.6) is 0 Å². The van der Waals surface area contributed by atoms with Gasteiger partial charge in [-0.3, -0.25) is 9.59 Å². The van der Waals surface area contributed by atoms with Gasteiger partial charge in [0.05, 0.1) is 16.8 Å². The van der Waals surface area contributed by atoms with E-state index < -0.39 is 23.0 Å². The van der Waals surface area contributed by atoms with Crippen molar-refractivity contribution in [1.29, 1.82) is 0 Å². The van der Waals surface area contributed by atoms with Gasteiger partial charge in [0.2, 0.25) is 5.43 Å². The van der Waals surface area contributed by atoms with Crippen LogP contribution in [-0.2, 0) is 6.18 Å². The van der Waals surface area contributed by atoms with Crippen LogP contribution in [0.25, 0.3) is 6.08 Å². The summed E-state index contributed by atoms with van der Waals surface area (Å²) in [6, 6.07) is 8.95. The Morgan fingerprint density at radius 1 is 1.12 bits per heavy atom. The summed E-state index contributed by atoms with van der Waals surface area (Å²) in [5, 5.41) is 2.72. The van der Waals surface area contributed by atoms with Crippen molar-refractivity contribution in [2.24, 2.45) is 0 Å². The number of halogens is 4. The first-order valence-corrected chi connectivity index (χ1v) is 7.93. The van der Waals surface area contributed by atoms with Crippen molar-refractivity contribution in [2.75, 3.05) is 12.4 Å². The number of hydrogen-bond donors (Lipinski definition) is 1. The van der Waals surface area contributed by atoms with Gasteiger partial charge in [0, 0.05) is 11.5 Å². The molecule has 0 amide bonds. The van der Waals surface area contributed by atoms with Crippen molar-refractivity contribution in [3.05, 3.63) is 79.9 Å². The van der Waals surface area contributed by atoms with Gasteiger partial charge in [-0.25, -0.2) is 0 Å². The van der Waals surface area contributed by atoms with Crippen LogP contribution < -0.4 is 10.7 Å². The number of ketones is 1. The molecule has 7 heteroatoms. The average Bonchev–Trinajstić information content (AvgIpc) is 2.71. The standard InChI is InChI=1S/C18H13BrF3NO2/c1-23-15-8-7-13(19)10-14(17(15)25)16(24)9-4-11-2-5-12(6-3-11)18(20,21)22/h2-10H,1H3,(H,23,25). The molecule has 2 rings (SSSR count). The molecule has 0 atom stereocenters. The Bertz CT molecular complexity index is 875. The van der Waals surface area contributed by atoms with Gasteiger partial charge >= 0.3 is 6.18 Å². The zero-order valence-corrected chi connectivity index (χ0v) is 14.6. The highest BCUT2D eigenvalue weighted by Crippen LogP contribution is 2.29. The Morgan fingerprint density at radius 2 is 1.76 bits per heavy atom. The maximum Gasteiger partial charge on any atom is 0.416 e. The molecule has 0 heterocycles. The fourth-order valence-electron chi connectivity index (χ4n) is 2.06. The molecule has 0 aliphatic rings. The minimum atomic E-state index is -4.41. The lowest BCUT2D eigenvalue weighted by Crippen LogP contribution is -2.14. The number of benzene rings is 1. The zero-order valence-electron chi connectivity index (χ0n) is 13.0. The first-order chi connectivity index (χ1) is 11.7. The predicted molar refractivity (Wildman–Crippen MR) is 94.8 cm³/mol. The SMILES string of the molecule is CNc1ccc(Br)cc(C(=O)C=Cc2ccc(C(F)(F)F)cc2)c1=O. The van der Waals surface area contributed by atoms with Crippen molar-refractivity contribution in [1.82, 2.24) is 0 Å². The van der Waals surface area contributed by atoms with Crippen LogP contribution >= 0.6 is 15.9 Å². The predicted octanol–water partition coefficient (Wildman–Crippen LogP) is 4.77. The lowest BCUT2D eigenvalue weighted by molar-refractivity contribution is -0.137. The largest absolute Gasteiger partial charge is 0.416 e. The molecule has 0 unspecified atom stereocenters. The minimum absolute atomic E-state index is 0.0515. The molecule has 0 spiro atoms. The third-order valence-electron chi connectivity index (χ3n) is 3.38. The van der Waals surface area contributed by atoms with Gasteiger partial charge in [0.25, 0.3) is 0 Å². The zero-order chi connectivity index (χ0) is 18.6. The third kappa shape index (κ3) is 4.79. The Hall–Kier alpha value is -2.41. The van der Waals surface area contributed by atoms with Gasteiger partial charge in [0.1, 0.15) is 0 Å². The quantitative estimate of drug-likeness (QED) is 0.582. The second-order valence-corrected chi connectivity index (χ2v) is 6.00. The average molecular weight is 412 g/mol. The molecule has 2 aromatic carbocycles. The molecular weight excluding hydrogens is 399 g/mol. The van der Waals surface area contributed by atoms with Crippen molar-refractivity contribution < 1.29 is 18.0 Å². The summed E-state index contributed by atoms with van der Waals surface area (Å²) >= 11 is 3.23. The number of nitrogens with one attached hydrogen (secondary N) is 1. The van der Waals surface area contributed by atoms with Gasteiger partial charge < -0.3 is 5.32 Å². The number of carbonyl (C=O) groups is 1. The number of rotatable bonds is 4. The molecule has 0 saturated carbocycles. The van der Waals surface area contributed by atoms with E-state index in [1.807, 2.05) is 0 Å². The lowest BCUT2D eigenvalue weighted by Gasteiger charge is -2.05. The molecule has 2 aromatic rings. The van der Waals surface area contributed by atoms with Crippen molar-refractivity contribution in [3.63, 3.8) is 0 Å². The monoisotopic (exact) mass is 411 g/mol. The minimum Gasteiger partial charge on any atom is -0.385 e. The smallest absolute Gasteiger partial charge is 0.385 e. The van der Waals surface area contributed by atoms with Gasteiger partial charge in [-0.2, -0.15) is 13.2 Å². The molecule has 130 valence electrons. The summed E-state index contributed by atoms with van der Waals surface area (Å²) in [5.41, 5.74) is -0.603. The van der Waals surface area contributed by atoms with E-state index in [9.17, 15) is 22.8 Å². The Morgan fingerprint density at radius 3 is 2.32 bits per heavy atom. The van der Waals surface area contributed by atoms with Crippen molar-refractivity contribution in [2.45, 2.75) is 6.18 Å². The van der Waals surface area contributed by atoms with Crippen LogP contribution in [0.15, 0.2) is 57.8 Å². The number of alkyl halides is 3. The topological polar surface area (TPSA) is 46.2 Å². The molecule has 1 N–H and O–H groups in total. The normalized spacial score (nSPS) is 11.6. The number of allylic oxidation sites excluding steroid dienone is 1. The fraction of sp³-hybridized carbons (Fsp3) is 0.111. The van der Waals surface area contributed by atoms with Crippen LogP contribution in [0.4, 0.5) is 18.9 Å². The van der Waals surface area contributed by atoms with Crippen LogP contribution in [0.1, 0.15) is 21.5 Å².